The van der Waals surface area contributed by atoms with E-state index in [4.69, 9.17) is 0 Å². The minimum absolute atomic E-state index is 0.276. The summed E-state index contributed by atoms with van der Waals surface area (Å²) in [6, 6.07) is 0.276. The topological polar surface area (TPSA) is 43.4 Å². The van der Waals surface area contributed by atoms with Gasteiger partial charge < -0.3 is 4.55 Å². The van der Waals surface area contributed by atoms with Crippen LogP contribution in [0.5, 0.6) is 0 Å². The molecule has 0 aromatic heterocycles. The second-order valence-electron chi connectivity index (χ2n) is 2.56. The van der Waals surface area contributed by atoms with Gasteiger partial charge in [0, 0.05) is 23.9 Å². The average Bonchev–Trinajstić information content (AvgIpc) is 2.33. The van der Waals surface area contributed by atoms with Crippen LogP contribution in [0.15, 0.2) is 0 Å². The Morgan fingerprint density at radius 1 is 1.80 bits per heavy atom. The summed E-state index contributed by atoms with van der Waals surface area (Å²) in [6.45, 7) is 2.74. The van der Waals surface area contributed by atoms with Crippen molar-refractivity contribution in [1.82, 2.24) is 4.31 Å². The molecule has 1 heterocycles. The number of rotatable bonds is 2. The van der Waals surface area contributed by atoms with Gasteiger partial charge in [-0.2, -0.15) is 0 Å². The van der Waals surface area contributed by atoms with Crippen LogP contribution in [0, 0.1) is 0 Å². The quantitative estimate of drug-likeness (QED) is 0.560. The van der Waals surface area contributed by atoms with Crippen LogP contribution < -0.4 is 0 Å². The van der Waals surface area contributed by atoms with E-state index in [0.29, 0.717) is 6.54 Å². The first kappa shape index (κ1) is 8.17. The molecule has 0 bridgehead atoms. The Morgan fingerprint density at radius 2 is 2.50 bits per heavy atom. The zero-order valence-corrected chi connectivity index (χ0v) is 6.89. The fourth-order valence-electron chi connectivity index (χ4n) is 1.41. The van der Waals surface area contributed by atoms with Gasteiger partial charge in [-0.05, 0) is 19.3 Å². The van der Waals surface area contributed by atoms with Crippen LogP contribution in [-0.4, -0.2) is 25.7 Å². The second kappa shape index (κ2) is 3.46. The molecule has 0 spiro atoms. The van der Waals surface area contributed by atoms with Crippen molar-refractivity contribution in [2.45, 2.75) is 32.2 Å². The van der Waals surface area contributed by atoms with Crippen LogP contribution in [0.3, 0.4) is 0 Å². The van der Waals surface area contributed by atoms with Crippen molar-refractivity contribution in [3.8, 4) is 0 Å². The van der Waals surface area contributed by atoms with Gasteiger partial charge >= 0.3 is 0 Å². The van der Waals surface area contributed by atoms with Gasteiger partial charge in [0.15, 0.2) is 0 Å². The molecule has 1 aliphatic rings. The molecule has 0 radical (unpaired) electrons. The van der Waals surface area contributed by atoms with Crippen molar-refractivity contribution < 1.29 is 8.76 Å². The van der Waals surface area contributed by atoms with Crippen LogP contribution in [-0.2, 0) is 11.3 Å². The van der Waals surface area contributed by atoms with Crippen molar-refractivity contribution >= 4 is 11.3 Å². The normalized spacial score (nSPS) is 30.8. The van der Waals surface area contributed by atoms with Gasteiger partial charge in [0.05, 0.1) is 0 Å². The summed E-state index contributed by atoms with van der Waals surface area (Å²) >= 11 is -1.99. The first-order valence-corrected chi connectivity index (χ1v) is 4.65. The lowest BCUT2D eigenvalue weighted by molar-refractivity contribution is 0.361. The van der Waals surface area contributed by atoms with Crippen molar-refractivity contribution in [2.24, 2.45) is 0 Å². The molecule has 0 N–H and O–H groups in total. The molecule has 0 aromatic rings. The van der Waals surface area contributed by atoms with Crippen LogP contribution >= 0.6 is 0 Å². The predicted octanol–water partition coefficient (Wildman–Crippen LogP) is 0.655. The molecule has 2 unspecified atom stereocenters. The maximum atomic E-state index is 10.5. The monoisotopic (exact) mass is 162 g/mol. The maximum Gasteiger partial charge on any atom is 0.0213 e. The predicted molar refractivity (Wildman–Crippen MR) is 38.9 cm³/mol. The summed E-state index contributed by atoms with van der Waals surface area (Å²) < 4.78 is 22.5. The van der Waals surface area contributed by atoms with E-state index in [1.54, 1.807) is 4.31 Å². The molecule has 4 heteroatoms. The molecule has 2 atom stereocenters. The molecular formula is C6H12NO2S-. The highest BCUT2D eigenvalue weighted by atomic mass is 32.2. The molecule has 0 saturated carbocycles. The Labute approximate surface area is 63.8 Å². The van der Waals surface area contributed by atoms with Crippen LogP contribution in [0.25, 0.3) is 0 Å². The molecule has 0 aliphatic carbocycles. The minimum Gasteiger partial charge on any atom is -0.760 e. The highest BCUT2D eigenvalue weighted by molar-refractivity contribution is 7.76. The van der Waals surface area contributed by atoms with Crippen molar-refractivity contribution in [1.29, 1.82) is 0 Å². The van der Waals surface area contributed by atoms with E-state index in [1.165, 1.54) is 0 Å². The van der Waals surface area contributed by atoms with Crippen molar-refractivity contribution in [3.05, 3.63) is 0 Å². The van der Waals surface area contributed by atoms with E-state index in [9.17, 15) is 8.76 Å². The maximum absolute atomic E-state index is 10.5. The van der Waals surface area contributed by atoms with Crippen LogP contribution in [0.4, 0.5) is 0 Å². The molecule has 10 heavy (non-hydrogen) atoms. The average molecular weight is 162 g/mol. The lowest BCUT2D eigenvalue weighted by Crippen LogP contribution is -2.30. The highest BCUT2D eigenvalue weighted by Gasteiger charge is 2.22. The Balaban J connectivity index is 2.50. The summed E-state index contributed by atoms with van der Waals surface area (Å²) in [6.07, 6.45) is 2.99. The first-order valence-electron chi connectivity index (χ1n) is 3.61. The zero-order valence-electron chi connectivity index (χ0n) is 6.08. The lowest BCUT2D eigenvalue weighted by atomic mass is 10.2. The summed E-state index contributed by atoms with van der Waals surface area (Å²) in [5.41, 5.74) is 0. The molecule has 0 amide bonds. The van der Waals surface area contributed by atoms with E-state index < -0.39 is 11.3 Å². The number of hydrogen-bond donors (Lipinski definition) is 0. The summed E-state index contributed by atoms with van der Waals surface area (Å²) in [5.74, 6) is 0. The SMILES string of the molecule is CCC1CCCN1S(=O)[O-]. The van der Waals surface area contributed by atoms with Gasteiger partial charge in [-0.1, -0.05) is 6.92 Å². The third-order valence-corrected chi connectivity index (χ3v) is 2.85. The molecule has 1 fully saturated rings. The second-order valence-corrected chi connectivity index (χ2v) is 3.47. The zero-order chi connectivity index (χ0) is 7.56. The van der Waals surface area contributed by atoms with Crippen molar-refractivity contribution in [3.63, 3.8) is 0 Å². The molecule has 1 aliphatic heterocycles. The third-order valence-electron chi connectivity index (χ3n) is 1.99. The van der Waals surface area contributed by atoms with E-state index in [1.807, 2.05) is 6.92 Å². The van der Waals surface area contributed by atoms with E-state index in [2.05, 4.69) is 0 Å². The van der Waals surface area contributed by atoms with Crippen molar-refractivity contribution in [2.75, 3.05) is 6.54 Å². The molecule has 1 rings (SSSR count). The molecular weight excluding hydrogens is 150 g/mol. The van der Waals surface area contributed by atoms with Gasteiger partial charge in [0.2, 0.25) is 0 Å². The Morgan fingerprint density at radius 3 is 2.90 bits per heavy atom. The summed E-state index contributed by atoms with van der Waals surface area (Å²) in [7, 11) is 0. The Kier molecular flexibility index (Phi) is 2.82. The fourth-order valence-corrected chi connectivity index (χ4v) is 2.19. The number of nitrogens with zero attached hydrogens (tertiary/aromatic N) is 1. The lowest BCUT2D eigenvalue weighted by Gasteiger charge is -2.24. The van der Waals surface area contributed by atoms with E-state index in [-0.39, 0.29) is 6.04 Å². The van der Waals surface area contributed by atoms with Gasteiger partial charge in [-0.15, -0.1) is 0 Å². The third kappa shape index (κ3) is 1.56. The van der Waals surface area contributed by atoms with Gasteiger partial charge in [0.1, 0.15) is 0 Å². The van der Waals surface area contributed by atoms with E-state index in [0.717, 1.165) is 19.3 Å². The highest BCUT2D eigenvalue weighted by Crippen LogP contribution is 2.20. The molecule has 1 saturated heterocycles. The minimum atomic E-state index is -1.99. The summed E-state index contributed by atoms with van der Waals surface area (Å²) in [5, 5.41) is 0. The van der Waals surface area contributed by atoms with Crippen LogP contribution in [0.2, 0.25) is 0 Å². The van der Waals surface area contributed by atoms with Gasteiger partial charge in [-0.25, -0.2) is 4.31 Å². The smallest absolute Gasteiger partial charge is 0.0213 e. The Bertz CT molecular complexity index is 140. The fraction of sp³-hybridized carbons (Fsp3) is 1.00. The Hall–Kier alpha value is 0.0700. The standard InChI is InChI=1S/C6H13NO2S/c1-2-6-4-3-5-7(6)10(8)9/h6H,2-5H2,1H3,(H,8,9)/p-1. The molecule has 0 aromatic carbocycles. The first-order chi connectivity index (χ1) is 4.75. The summed E-state index contributed by atoms with van der Waals surface area (Å²) in [4.78, 5) is 0. The van der Waals surface area contributed by atoms with Gasteiger partial charge in [0.25, 0.3) is 0 Å². The molecule has 3 nitrogen and oxygen atoms in total. The molecule has 60 valence electrons. The van der Waals surface area contributed by atoms with Crippen LogP contribution in [0.1, 0.15) is 26.2 Å². The number of hydrogen-bond acceptors (Lipinski definition) is 2. The van der Waals surface area contributed by atoms with E-state index >= 15 is 0 Å². The largest absolute Gasteiger partial charge is 0.760 e. The van der Waals surface area contributed by atoms with Gasteiger partial charge in [-0.3, -0.25) is 4.21 Å².